The van der Waals surface area contributed by atoms with Gasteiger partial charge >= 0.3 is 0 Å². The first-order valence-electron chi connectivity index (χ1n) is 9.83. The molecule has 1 aliphatic rings. The number of nitrogens with zero attached hydrogens (tertiary/aromatic N) is 3. The summed E-state index contributed by atoms with van der Waals surface area (Å²) < 4.78 is 25.5. The van der Waals surface area contributed by atoms with E-state index in [4.69, 9.17) is 21.9 Å². The number of hydrogen-bond acceptors (Lipinski definition) is 7. The molecule has 1 aromatic carbocycles. The van der Waals surface area contributed by atoms with Crippen LogP contribution in [0.2, 0.25) is 0 Å². The minimum absolute atomic E-state index is 0.0881. The van der Waals surface area contributed by atoms with Gasteiger partial charge in [-0.1, -0.05) is 0 Å². The number of ether oxygens (including phenoxy) is 1. The first-order valence-corrected chi connectivity index (χ1v) is 12.4. The topological polar surface area (TPSA) is 103 Å². The zero-order chi connectivity index (χ0) is 21.7. The number of benzene rings is 1. The molecule has 0 radical (unpaired) electrons. The molecule has 30 heavy (non-hydrogen) atoms. The zero-order valence-electron chi connectivity index (χ0n) is 17.5. The lowest BCUT2D eigenvalue weighted by atomic mass is 10.2. The lowest BCUT2D eigenvalue weighted by Gasteiger charge is -2.35. The summed E-state index contributed by atoms with van der Waals surface area (Å²) in [7, 11) is -2.73. The molecule has 0 bridgehead atoms. The first kappa shape index (κ1) is 22.7. The third-order valence-corrected chi connectivity index (χ3v) is 5.68. The molecular formula is C20H29N5O3S2. The van der Waals surface area contributed by atoms with Gasteiger partial charge in [-0.05, 0) is 50.3 Å². The number of aromatic nitrogens is 2. The van der Waals surface area contributed by atoms with Crippen LogP contribution >= 0.6 is 22.8 Å². The largest absolute Gasteiger partial charge is 0.377 e. The summed E-state index contributed by atoms with van der Waals surface area (Å²) in [5, 5.41) is 6.75. The van der Waals surface area contributed by atoms with Gasteiger partial charge in [-0.15, -0.1) is 0 Å². The molecule has 1 atom stereocenters. The summed E-state index contributed by atoms with van der Waals surface area (Å²) in [6, 6.07) is 9.70. The van der Waals surface area contributed by atoms with Gasteiger partial charge in [-0.2, -0.15) is 10.6 Å². The minimum Gasteiger partial charge on any atom is -0.377 e. The fourth-order valence-corrected chi connectivity index (χ4v) is 4.19. The van der Waals surface area contributed by atoms with Gasteiger partial charge < -0.3 is 20.3 Å². The van der Waals surface area contributed by atoms with Crippen LogP contribution in [0.4, 0.5) is 11.5 Å². The second-order valence-corrected chi connectivity index (χ2v) is 10.0. The van der Waals surface area contributed by atoms with Crippen molar-refractivity contribution in [2.75, 3.05) is 42.8 Å². The quantitative estimate of drug-likeness (QED) is 0.491. The van der Waals surface area contributed by atoms with E-state index >= 15 is 0 Å². The van der Waals surface area contributed by atoms with E-state index in [0.717, 1.165) is 30.2 Å². The minimum atomic E-state index is -2.73. The van der Waals surface area contributed by atoms with Crippen LogP contribution in [-0.2, 0) is 10.5 Å². The number of nitrogens with one attached hydrogen (secondary N) is 2. The molecule has 3 rings (SSSR count). The fraction of sp³-hybridized carbons (Fsp3) is 0.450. The standard InChI is InChI=1S/C20H29N5O3S2/c1-4-21-20(29)23-16-7-5-15(6-8-16)19-22-17(13-30(3,26)27)11-18(24-19)25-9-10-28-12-14(25)2/h5-8,11,14,26-27H,4,9-10,12-13H2,1-3H3,(H2,21,23,29)/t14-/m0/s1. The Balaban J connectivity index is 1.91. The van der Waals surface area contributed by atoms with Crippen molar-refractivity contribution in [1.82, 2.24) is 15.3 Å². The van der Waals surface area contributed by atoms with Gasteiger partial charge in [-0.3, -0.25) is 9.11 Å². The molecule has 1 aromatic heterocycles. The number of hydrogen-bond donors (Lipinski definition) is 4. The van der Waals surface area contributed by atoms with Gasteiger partial charge in [-0.25, -0.2) is 9.97 Å². The Kier molecular flexibility index (Phi) is 7.48. The summed E-state index contributed by atoms with van der Waals surface area (Å²) in [4.78, 5) is 11.5. The summed E-state index contributed by atoms with van der Waals surface area (Å²) in [5.41, 5.74) is 2.31. The highest BCUT2D eigenvalue weighted by Gasteiger charge is 2.22. The van der Waals surface area contributed by atoms with Gasteiger partial charge in [0.25, 0.3) is 0 Å². The molecule has 8 nitrogen and oxygen atoms in total. The normalized spacial score (nSPS) is 17.5. The van der Waals surface area contributed by atoms with Crippen LogP contribution < -0.4 is 15.5 Å². The Bertz CT molecular complexity index is 874. The van der Waals surface area contributed by atoms with E-state index < -0.39 is 10.6 Å². The second kappa shape index (κ2) is 9.88. The maximum atomic E-state index is 9.97. The molecular weight excluding hydrogens is 422 g/mol. The summed E-state index contributed by atoms with van der Waals surface area (Å²) in [5.74, 6) is 1.40. The number of anilines is 2. The Hall–Kier alpha value is -1.98. The van der Waals surface area contributed by atoms with Gasteiger partial charge in [0.2, 0.25) is 0 Å². The number of morpholine rings is 1. The van der Waals surface area contributed by atoms with Crippen molar-refractivity contribution in [3.05, 3.63) is 36.0 Å². The molecule has 0 unspecified atom stereocenters. The summed E-state index contributed by atoms with van der Waals surface area (Å²) in [6.45, 7) is 6.81. The number of rotatable bonds is 6. The Labute approximate surface area is 184 Å². The molecule has 4 N–H and O–H groups in total. The molecule has 0 saturated carbocycles. The number of thiocarbonyl (C=S) groups is 1. The molecule has 0 aliphatic carbocycles. The zero-order valence-corrected chi connectivity index (χ0v) is 19.1. The van der Waals surface area contributed by atoms with E-state index in [-0.39, 0.29) is 11.8 Å². The molecule has 2 heterocycles. The van der Waals surface area contributed by atoms with Gasteiger partial charge in [0.1, 0.15) is 5.82 Å². The third kappa shape index (κ3) is 6.26. The highest BCUT2D eigenvalue weighted by atomic mass is 32.3. The monoisotopic (exact) mass is 451 g/mol. The van der Waals surface area contributed by atoms with E-state index in [9.17, 15) is 9.11 Å². The first-order chi connectivity index (χ1) is 14.2. The van der Waals surface area contributed by atoms with Crippen molar-refractivity contribution in [3.63, 3.8) is 0 Å². The van der Waals surface area contributed by atoms with Gasteiger partial charge in [0, 0.05) is 36.7 Å². The van der Waals surface area contributed by atoms with Crippen molar-refractivity contribution in [2.24, 2.45) is 0 Å². The van der Waals surface area contributed by atoms with Crippen molar-refractivity contribution >= 4 is 39.4 Å². The Morgan fingerprint density at radius 2 is 2.03 bits per heavy atom. The van der Waals surface area contributed by atoms with E-state index in [1.54, 1.807) is 0 Å². The van der Waals surface area contributed by atoms with E-state index in [2.05, 4.69) is 27.4 Å². The molecule has 164 valence electrons. The van der Waals surface area contributed by atoms with Crippen LogP contribution in [0, 0.1) is 0 Å². The smallest absolute Gasteiger partial charge is 0.170 e. The maximum absolute atomic E-state index is 9.97. The van der Waals surface area contributed by atoms with E-state index in [0.29, 0.717) is 29.8 Å². The molecule has 0 spiro atoms. The fourth-order valence-electron chi connectivity index (χ4n) is 3.22. The van der Waals surface area contributed by atoms with Crippen molar-refractivity contribution < 1.29 is 13.8 Å². The average Bonchev–Trinajstić information content (AvgIpc) is 2.67. The molecule has 0 amide bonds. The maximum Gasteiger partial charge on any atom is 0.170 e. The van der Waals surface area contributed by atoms with Crippen LogP contribution in [0.25, 0.3) is 11.4 Å². The Morgan fingerprint density at radius 3 is 2.67 bits per heavy atom. The second-order valence-electron chi connectivity index (χ2n) is 7.36. The Morgan fingerprint density at radius 1 is 1.30 bits per heavy atom. The van der Waals surface area contributed by atoms with Gasteiger partial charge in [0.15, 0.2) is 10.9 Å². The van der Waals surface area contributed by atoms with Crippen LogP contribution in [-0.4, -0.2) is 62.8 Å². The molecule has 10 heteroatoms. The lowest BCUT2D eigenvalue weighted by molar-refractivity contribution is 0.0985. The molecule has 1 saturated heterocycles. The lowest BCUT2D eigenvalue weighted by Crippen LogP contribution is -2.44. The van der Waals surface area contributed by atoms with Crippen LogP contribution in [0.3, 0.4) is 0 Å². The van der Waals surface area contributed by atoms with Gasteiger partial charge in [0.05, 0.1) is 30.7 Å². The molecule has 1 fully saturated rings. The van der Waals surface area contributed by atoms with E-state index in [1.165, 1.54) is 6.26 Å². The predicted molar refractivity (Wildman–Crippen MR) is 127 cm³/mol. The van der Waals surface area contributed by atoms with Crippen LogP contribution in [0.5, 0.6) is 0 Å². The van der Waals surface area contributed by atoms with Crippen molar-refractivity contribution in [3.8, 4) is 11.4 Å². The average molecular weight is 452 g/mol. The molecule has 1 aliphatic heterocycles. The van der Waals surface area contributed by atoms with Crippen LogP contribution in [0.15, 0.2) is 30.3 Å². The van der Waals surface area contributed by atoms with Crippen molar-refractivity contribution in [1.29, 1.82) is 0 Å². The van der Waals surface area contributed by atoms with Crippen molar-refractivity contribution in [2.45, 2.75) is 25.6 Å². The predicted octanol–water partition coefficient (Wildman–Crippen LogP) is 3.56. The highest BCUT2D eigenvalue weighted by molar-refractivity contribution is 8.23. The van der Waals surface area contributed by atoms with Crippen LogP contribution in [0.1, 0.15) is 19.5 Å². The highest BCUT2D eigenvalue weighted by Crippen LogP contribution is 2.38. The SMILES string of the molecule is CCNC(=S)Nc1ccc(-c2nc(CS(C)(O)O)cc(N3CCOC[C@@H]3C)n2)cc1. The molecule has 2 aromatic rings. The summed E-state index contributed by atoms with van der Waals surface area (Å²) >= 11 is 5.22. The van der Waals surface area contributed by atoms with E-state index in [1.807, 2.05) is 37.3 Å². The third-order valence-electron chi connectivity index (χ3n) is 4.59. The summed E-state index contributed by atoms with van der Waals surface area (Å²) in [6.07, 6.45) is 1.43.